The van der Waals surface area contributed by atoms with Gasteiger partial charge in [0, 0.05) is 27.2 Å². The van der Waals surface area contributed by atoms with E-state index in [2.05, 4.69) is 10.1 Å². The highest BCUT2D eigenvalue weighted by Crippen LogP contribution is 2.52. The number of rotatable bonds is 2. The number of nitrogens with one attached hydrogen (secondary N) is 1. The van der Waals surface area contributed by atoms with Gasteiger partial charge < -0.3 is 10.1 Å². The Morgan fingerprint density at radius 3 is 2.50 bits per heavy atom. The van der Waals surface area contributed by atoms with Crippen LogP contribution in [0.4, 0.5) is 18.9 Å². The van der Waals surface area contributed by atoms with E-state index in [1.54, 1.807) is 24.3 Å². The molecule has 1 N–H and O–H groups in total. The van der Waals surface area contributed by atoms with Gasteiger partial charge in [-0.2, -0.15) is 0 Å². The quantitative estimate of drug-likeness (QED) is 0.565. The molecule has 136 valence electrons. The minimum Gasteiger partial charge on any atom is -0.406 e. The van der Waals surface area contributed by atoms with Crippen LogP contribution >= 0.6 is 23.2 Å². The van der Waals surface area contributed by atoms with Gasteiger partial charge in [-0.15, -0.1) is 13.2 Å². The number of anilines is 1. The maximum Gasteiger partial charge on any atom is 0.573 e. The molecule has 0 bridgehead atoms. The second-order valence-corrected chi connectivity index (χ2v) is 7.22. The van der Waals surface area contributed by atoms with Crippen molar-refractivity contribution in [3.63, 3.8) is 0 Å². The van der Waals surface area contributed by atoms with Crippen LogP contribution in [0, 0.1) is 5.92 Å². The van der Waals surface area contributed by atoms with Crippen molar-refractivity contribution in [2.45, 2.75) is 24.7 Å². The lowest BCUT2D eigenvalue weighted by Gasteiger charge is -2.38. The van der Waals surface area contributed by atoms with Crippen molar-refractivity contribution in [2.24, 2.45) is 5.92 Å². The minimum atomic E-state index is -4.71. The van der Waals surface area contributed by atoms with E-state index in [4.69, 9.17) is 23.2 Å². The third-order valence-corrected chi connectivity index (χ3v) is 5.54. The summed E-state index contributed by atoms with van der Waals surface area (Å²) in [5.74, 6) is -0.132. The Bertz CT molecular complexity index is 861. The molecule has 1 aliphatic heterocycles. The lowest BCUT2D eigenvalue weighted by Crippen LogP contribution is -2.29. The Morgan fingerprint density at radius 2 is 1.81 bits per heavy atom. The molecule has 7 heteroatoms. The molecule has 2 aromatic rings. The lowest BCUT2D eigenvalue weighted by atomic mass is 9.77. The van der Waals surface area contributed by atoms with Crippen molar-refractivity contribution >= 4 is 28.9 Å². The Morgan fingerprint density at radius 1 is 1.08 bits per heavy atom. The van der Waals surface area contributed by atoms with Crippen LogP contribution < -0.4 is 10.1 Å². The summed E-state index contributed by atoms with van der Waals surface area (Å²) in [7, 11) is 0. The second-order valence-electron chi connectivity index (χ2n) is 6.41. The SMILES string of the molecule is FC(F)(F)Oc1ccc2c(c1)C1C=CCC1C(c1c(Cl)cccc1Cl)N2. The fourth-order valence-corrected chi connectivity index (χ4v) is 4.50. The number of alkyl halides is 3. The van der Waals surface area contributed by atoms with E-state index in [-0.39, 0.29) is 23.6 Å². The molecule has 1 heterocycles. The topological polar surface area (TPSA) is 21.3 Å². The molecule has 26 heavy (non-hydrogen) atoms. The number of allylic oxidation sites excluding steroid dienone is 2. The van der Waals surface area contributed by atoms with Crippen molar-refractivity contribution < 1.29 is 17.9 Å². The van der Waals surface area contributed by atoms with Gasteiger partial charge in [0.25, 0.3) is 0 Å². The number of hydrogen-bond donors (Lipinski definition) is 1. The van der Waals surface area contributed by atoms with Crippen LogP contribution in [-0.2, 0) is 0 Å². The maximum absolute atomic E-state index is 12.5. The first-order valence-electron chi connectivity index (χ1n) is 8.10. The summed E-state index contributed by atoms with van der Waals surface area (Å²) in [6.45, 7) is 0. The average Bonchev–Trinajstić information content (AvgIpc) is 3.03. The summed E-state index contributed by atoms with van der Waals surface area (Å²) in [6, 6.07) is 9.61. The van der Waals surface area contributed by atoms with Gasteiger partial charge in [-0.25, -0.2) is 0 Å². The highest BCUT2D eigenvalue weighted by Gasteiger charge is 2.40. The molecule has 2 nitrogen and oxygen atoms in total. The van der Waals surface area contributed by atoms with Gasteiger partial charge in [-0.1, -0.05) is 41.4 Å². The lowest BCUT2D eigenvalue weighted by molar-refractivity contribution is -0.274. The number of hydrogen-bond acceptors (Lipinski definition) is 2. The molecule has 0 spiro atoms. The van der Waals surface area contributed by atoms with Crippen LogP contribution in [0.5, 0.6) is 5.75 Å². The Balaban J connectivity index is 1.75. The van der Waals surface area contributed by atoms with Gasteiger partial charge in [0.15, 0.2) is 0 Å². The fourth-order valence-electron chi connectivity index (χ4n) is 3.86. The normalized spacial score (nSPS) is 24.0. The molecule has 2 aliphatic rings. The monoisotopic (exact) mass is 399 g/mol. The van der Waals surface area contributed by atoms with Crippen LogP contribution in [0.25, 0.3) is 0 Å². The van der Waals surface area contributed by atoms with E-state index < -0.39 is 6.36 Å². The molecule has 0 saturated heterocycles. The molecule has 1 aliphatic carbocycles. The maximum atomic E-state index is 12.5. The van der Waals surface area contributed by atoms with Gasteiger partial charge in [0.2, 0.25) is 0 Å². The summed E-state index contributed by atoms with van der Waals surface area (Å²) < 4.78 is 41.7. The summed E-state index contributed by atoms with van der Waals surface area (Å²) in [6.07, 6.45) is 0.142. The van der Waals surface area contributed by atoms with Crippen LogP contribution in [0.3, 0.4) is 0 Å². The Hall–Kier alpha value is -1.85. The zero-order chi connectivity index (χ0) is 18.5. The average molecular weight is 400 g/mol. The fraction of sp³-hybridized carbons (Fsp3) is 0.263. The van der Waals surface area contributed by atoms with Crippen molar-refractivity contribution in [2.75, 3.05) is 5.32 Å². The van der Waals surface area contributed by atoms with E-state index in [0.717, 1.165) is 23.2 Å². The number of ether oxygens (including phenoxy) is 1. The molecule has 0 amide bonds. The summed E-state index contributed by atoms with van der Waals surface area (Å²) in [5.41, 5.74) is 2.36. The largest absolute Gasteiger partial charge is 0.573 e. The zero-order valence-electron chi connectivity index (χ0n) is 13.4. The first-order valence-corrected chi connectivity index (χ1v) is 8.86. The first-order chi connectivity index (χ1) is 12.3. The zero-order valence-corrected chi connectivity index (χ0v) is 14.9. The van der Waals surface area contributed by atoms with E-state index in [0.29, 0.717) is 10.0 Å². The van der Waals surface area contributed by atoms with Gasteiger partial charge in [0.1, 0.15) is 5.75 Å². The van der Waals surface area contributed by atoms with Crippen LogP contribution in [-0.4, -0.2) is 6.36 Å². The number of fused-ring (bicyclic) bond motifs is 3. The molecule has 4 rings (SSSR count). The smallest absolute Gasteiger partial charge is 0.406 e. The molecule has 3 unspecified atom stereocenters. The highest BCUT2D eigenvalue weighted by atomic mass is 35.5. The van der Waals surface area contributed by atoms with E-state index in [1.807, 2.05) is 12.2 Å². The van der Waals surface area contributed by atoms with Crippen LogP contribution in [0.15, 0.2) is 48.6 Å². The third-order valence-electron chi connectivity index (χ3n) is 4.88. The molecule has 0 fully saturated rings. The highest BCUT2D eigenvalue weighted by molar-refractivity contribution is 6.36. The van der Waals surface area contributed by atoms with Crippen molar-refractivity contribution in [3.8, 4) is 5.75 Å². The number of halogens is 5. The minimum absolute atomic E-state index is 0.0274. The summed E-state index contributed by atoms with van der Waals surface area (Å²) in [4.78, 5) is 0. The summed E-state index contributed by atoms with van der Waals surface area (Å²) >= 11 is 12.8. The van der Waals surface area contributed by atoms with Crippen LogP contribution in [0.1, 0.15) is 29.5 Å². The molecule has 0 saturated carbocycles. The number of benzene rings is 2. The van der Waals surface area contributed by atoms with Gasteiger partial charge in [-0.05, 0) is 48.2 Å². The molecule has 3 atom stereocenters. The molecular weight excluding hydrogens is 386 g/mol. The predicted octanol–water partition coefficient (Wildman–Crippen LogP) is 6.72. The molecule has 0 radical (unpaired) electrons. The van der Waals surface area contributed by atoms with Crippen LogP contribution in [0.2, 0.25) is 10.0 Å². The van der Waals surface area contributed by atoms with E-state index in [1.165, 1.54) is 12.1 Å². The van der Waals surface area contributed by atoms with E-state index in [9.17, 15) is 13.2 Å². The van der Waals surface area contributed by atoms with Gasteiger partial charge in [-0.3, -0.25) is 0 Å². The molecule has 0 aromatic heterocycles. The third kappa shape index (κ3) is 3.14. The Kier molecular flexibility index (Phi) is 4.32. The standard InChI is InChI=1S/C19H14Cl2F3NO/c20-14-5-2-6-15(21)17(14)18-12-4-1-3-11(12)13-9-10(26-19(22,23)24)7-8-16(13)25-18/h1-3,5-9,11-12,18,25H,4H2. The van der Waals surface area contributed by atoms with Crippen molar-refractivity contribution in [3.05, 3.63) is 69.7 Å². The summed E-state index contributed by atoms with van der Waals surface area (Å²) in [5, 5.41) is 4.55. The van der Waals surface area contributed by atoms with Crippen molar-refractivity contribution in [1.82, 2.24) is 0 Å². The second kappa shape index (κ2) is 6.39. The van der Waals surface area contributed by atoms with Gasteiger partial charge in [0.05, 0.1) is 6.04 Å². The Labute approximate surface area is 158 Å². The van der Waals surface area contributed by atoms with Crippen molar-refractivity contribution in [1.29, 1.82) is 0 Å². The van der Waals surface area contributed by atoms with E-state index >= 15 is 0 Å². The molecule has 2 aromatic carbocycles. The molecular formula is C19H14Cl2F3NO. The predicted molar refractivity (Wildman–Crippen MR) is 95.9 cm³/mol. The van der Waals surface area contributed by atoms with Gasteiger partial charge >= 0.3 is 6.36 Å². The first kappa shape index (κ1) is 17.6.